The van der Waals surface area contributed by atoms with Crippen LogP contribution in [0, 0.1) is 0 Å². The molecule has 1 heterocycles. The van der Waals surface area contributed by atoms with Crippen LogP contribution in [-0.4, -0.2) is 10.8 Å². The van der Waals surface area contributed by atoms with Gasteiger partial charge >= 0.3 is 0 Å². The number of rotatable bonds is 3. The Morgan fingerprint density at radius 2 is 1.48 bits per heavy atom. The molecular formula is C21H16N2. The summed E-state index contributed by atoms with van der Waals surface area (Å²) in [5.41, 5.74) is 3.16. The maximum atomic E-state index is 4.55. The van der Waals surface area contributed by atoms with E-state index in [-0.39, 0.29) is 0 Å². The zero-order chi connectivity index (χ0) is 15.5. The van der Waals surface area contributed by atoms with Gasteiger partial charge in [-0.2, -0.15) is 0 Å². The molecule has 0 aliphatic carbocycles. The lowest BCUT2D eigenvalue weighted by atomic mass is 10.1. The van der Waals surface area contributed by atoms with Crippen LogP contribution < -0.4 is 0 Å². The second kappa shape index (κ2) is 5.93. The summed E-state index contributed by atoms with van der Waals surface area (Å²) >= 11 is 0. The Bertz CT molecular complexity index is 965. The van der Waals surface area contributed by atoms with E-state index in [1.54, 1.807) is 0 Å². The fourth-order valence-corrected chi connectivity index (χ4v) is 2.72. The van der Waals surface area contributed by atoms with Gasteiger partial charge in [-0.1, -0.05) is 48.5 Å². The SMILES string of the molecule is C(=Nc1ccccc1)c1cccn1-c1ccc2ccccc2c1. The Hall–Kier alpha value is -3.13. The van der Waals surface area contributed by atoms with Crippen LogP contribution in [0.3, 0.4) is 0 Å². The topological polar surface area (TPSA) is 17.3 Å². The first-order chi connectivity index (χ1) is 11.4. The van der Waals surface area contributed by atoms with Crippen molar-refractivity contribution in [2.75, 3.05) is 0 Å². The molecule has 0 spiro atoms. The Labute approximate surface area is 135 Å². The van der Waals surface area contributed by atoms with Crippen molar-refractivity contribution in [3.8, 4) is 5.69 Å². The highest BCUT2D eigenvalue weighted by atomic mass is 15.0. The Morgan fingerprint density at radius 3 is 2.35 bits per heavy atom. The number of aliphatic imine (C=N–C) groups is 1. The lowest BCUT2D eigenvalue weighted by molar-refractivity contribution is 1.07. The number of nitrogens with zero attached hydrogens (tertiary/aromatic N) is 2. The van der Waals surface area contributed by atoms with E-state index in [1.165, 1.54) is 10.8 Å². The summed E-state index contributed by atoms with van der Waals surface area (Å²) in [4.78, 5) is 4.55. The van der Waals surface area contributed by atoms with Crippen molar-refractivity contribution < 1.29 is 0 Å². The van der Waals surface area contributed by atoms with E-state index in [0.717, 1.165) is 17.1 Å². The van der Waals surface area contributed by atoms with Crippen molar-refractivity contribution in [1.29, 1.82) is 0 Å². The molecule has 3 aromatic carbocycles. The molecule has 110 valence electrons. The highest BCUT2D eigenvalue weighted by Crippen LogP contribution is 2.20. The number of hydrogen-bond acceptors (Lipinski definition) is 1. The molecule has 0 saturated heterocycles. The van der Waals surface area contributed by atoms with Crippen LogP contribution in [0.4, 0.5) is 5.69 Å². The molecule has 0 saturated carbocycles. The minimum atomic E-state index is 0.957. The highest BCUT2D eigenvalue weighted by Gasteiger charge is 2.02. The molecule has 23 heavy (non-hydrogen) atoms. The first kappa shape index (κ1) is 13.5. The standard InChI is InChI=1S/C21H16N2/c1-2-9-19(10-3-1)22-16-21-11-6-14-23(21)20-13-12-17-7-4-5-8-18(17)15-20/h1-16H. The Kier molecular flexibility index (Phi) is 3.49. The van der Waals surface area contributed by atoms with Gasteiger partial charge in [-0.3, -0.25) is 4.99 Å². The van der Waals surface area contributed by atoms with Crippen molar-refractivity contribution in [1.82, 2.24) is 4.57 Å². The summed E-state index contributed by atoms with van der Waals surface area (Å²) in [6, 6.07) is 29.0. The maximum Gasteiger partial charge on any atom is 0.0639 e. The van der Waals surface area contributed by atoms with Gasteiger partial charge < -0.3 is 4.57 Å². The Morgan fingerprint density at radius 1 is 0.696 bits per heavy atom. The van der Waals surface area contributed by atoms with Gasteiger partial charge in [0.05, 0.1) is 17.6 Å². The van der Waals surface area contributed by atoms with E-state index in [2.05, 4.69) is 64.3 Å². The summed E-state index contributed by atoms with van der Waals surface area (Å²) in [6.07, 6.45) is 3.97. The molecule has 0 amide bonds. The lowest BCUT2D eigenvalue weighted by Gasteiger charge is -2.08. The smallest absolute Gasteiger partial charge is 0.0639 e. The van der Waals surface area contributed by atoms with Crippen molar-refractivity contribution in [3.05, 3.63) is 96.8 Å². The fourth-order valence-electron chi connectivity index (χ4n) is 2.72. The third-order valence-corrected chi connectivity index (χ3v) is 3.89. The summed E-state index contributed by atoms with van der Waals surface area (Å²) in [5, 5.41) is 2.49. The third kappa shape index (κ3) is 2.79. The second-order valence-corrected chi connectivity index (χ2v) is 5.43. The second-order valence-electron chi connectivity index (χ2n) is 5.43. The third-order valence-electron chi connectivity index (χ3n) is 3.89. The minimum absolute atomic E-state index is 0.957. The van der Waals surface area contributed by atoms with Gasteiger partial charge in [0.25, 0.3) is 0 Å². The van der Waals surface area contributed by atoms with Crippen molar-refractivity contribution >= 4 is 22.7 Å². The predicted octanol–water partition coefficient (Wildman–Crippen LogP) is 5.38. The normalized spacial score (nSPS) is 11.3. The zero-order valence-electron chi connectivity index (χ0n) is 12.6. The molecule has 2 heteroatoms. The summed E-state index contributed by atoms with van der Waals surface area (Å²) in [5.74, 6) is 0. The van der Waals surface area contributed by atoms with Crippen LogP contribution in [0.2, 0.25) is 0 Å². The molecule has 1 aromatic heterocycles. The molecule has 2 nitrogen and oxygen atoms in total. The number of benzene rings is 3. The van der Waals surface area contributed by atoms with Gasteiger partial charge in [-0.15, -0.1) is 0 Å². The molecule has 4 rings (SSSR count). The quantitative estimate of drug-likeness (QED) is 0.452. The number of para-hydroxylation sites is 1. The van der Waals surface area contributed by atoms with E-state index in [0.29, 0.717) is 0 Å². The first-order valence-corrected chi connectivity index (χ1v) is 7.66. The van der Waals surface area contributed by atoms with E-state index >= 15 is 0 Å². The Balaban J connectivity index is 1.72. The number of hydrogen-bond donors (Lipinski definition) is 0. The average molecular weight is 296 g/mol. The van der Waals surface area contributed by atoms with Crippen molar-refractivity contribution in [2.24, 2.45) is 4.99 Å². The van der Waals surface area contributed by atoms with E-state index in [1.807, 2.05) is 42.6 Å². The van der Waals surface area contributed by atoms with Crippen molar-refractivity contribution in [2.45, 2.75) is 0 Å². The monoisotopic (exact) mass is 296 g/mol. The fraction of sp³-hybridized carbons (Fsp3) is 0. The molecule has 0 N–H and O–H groups in total. The van der Waals surface area contributed by atoms with Gasteiger partial charge in [-0.05, 0) is 47.2 Å². The van der Waals surface area contributed by atoms with Gasteiger partial charge in [0.2, 0.25) is 0 Å². The molecule has 0 bridgehead atoms. The molecular weight excluding hydrogens is 280 g/mol. The van der Waals surface area contributed by atoms with Gasteiger partial charge in [-0.25, -0.2) is 0 Å². The van der Waals surface area contributed by atoms with Crippen LogP contribution in [0.25, 0.3) is 16.5 Å². The largest absolute Gasteiger partial charge is 0.316 e. The average Bonchev–Trinajstić information content (AvgIpc) is 3.09. The van der Waals surface area contributed by atoms with Crippen LogP contribution >= 0.6 is 0 Å². The van der Waals surface area contributed by atoms with E-state index in [4.69, 9.17) is 0 Å². The minimum Gasteiger partial charge on any atom is -0.316 e. The maximum absolute atomic E-state index is 4.55. The van der Waals surface area contributed by atoms with Crippen LogP contribution in [0.15, 0.2) is 96.1 Å². The summed E-state index contributed by atoms with van der Waals surface area (Å²) in [7, 11) is 0. The molecule has 0 unspecified atom stereocenters. The predicted molar refractivity (Wildman–Crippen MR) is 97.0 cm³/mol. The zero-order valence-corrected chi connectivity index (χ0v) is 12.6. The van der Waals surface area contributed by atoms with E-state index in [9.17, 15) is 0 Å². The highest BCUT2D eigenvalue weighted by molar-refractivity contribution is 5.85. The number of fused-ring (bicyclic) bond motifs is 1. The first-order valence-electron chi connectivity index (χ1n) is 7.66. The van der Waals surface area contributed by atoms with E-state index < -0.39 is 0 Å². The number of aromatic nitrogens is 1. The lowest BCUT2D eigenvalue weighted by Crippen LogP contribution is -1.97. The summed E-state index contributed by atoms with van der Waals surface area (Å²) in [6.45, 7) is 0. The van der Waals surface area contributed by atoms with Crippen LogP contribution in [0.1, 0.15) is 5.69 Å². The van der Waals surface area contributed by atoms with Gasteiger partial charge in [0.1, 0.15) is 0 Å². The van der Waals surface area contributed by atoms with Crippen molar-refractivity contribution in [3.63, 3.8) is 0 Å². The molecule has 0 aliphatic heterocycles. The molecule has 4 aromatic rings. The molecule has 0 fully saturated rings. The molecule has 0 radical (unpaired) electrons. The van der Waals surface area contributed by atoms with Crippen LogP contribution in [0.5, 0.6) is 0 Å². The van der Waals surface area contributed by atoms with Gasteiger partial charge in [0.15, 0.2) is 0 Å². The summed E-state index contributed by atoms with van der Waals surface area (Å²) < 4.78 is 2.15. The van der Waals surface area contributed by atoms with Crippen LogP contribution in [-0.2, 0) is 0 Å². The molecule has 0 atom stereocenters. The van der Waals surface area contributed by atoms with Gasteiger partial charge in [0, 0.05) is 11.9 Å². The molecule has 0 aliphatic rings.